The van der Waals surface area contributed by atoms with Crippen molar-refractivity contribution in [2.45, 2.75) is 13.0 Å². The summed E-state index contributed by atoms with van der Waals surface area (Å²) in [6.07, 6.45) is 1.64. The summed E-state index contributed by atoms with van der Waals surface area (Å²) in [7, 11) is 1.62. The SMILES string of the molecule is C[C@H](Nc1cnn(C)c(=O)c1Br)c1ccccc1. The van der Waals surface area contributed by atoms with Gasteiger partial charge in [0.05, 0.1) is 11.9 Å². The highest BCUT2D eigenvalue weighted by atomic mass is 79.9. The third-order valence-electron chi connectivity index (χ3n) is 2.75. The van der Waals surface area contributed by atoms with Gasteiger partial charge in [-0.05, 0) is 28.4 Å². The molecule has 1 atom stereocenters. The predicted octanol–water partition coefficient (Wildman–Crippen LogP) is 2.72. The van der Waals surface area contributed by atoms with E-state index in [0.29, 0.717) is 10.2 Å². The fourth-order valence-corrected chi connectivity index (χ4v) is 2.14. The Labute approximate surface area is 114 Å². The molecule has 0 amide bonds. The van der Waals surface area contributed by atoms with Crippen molar-refractivity contribution >= 4 is 21.6 Å². The van der Waals surface area contributed by atoms with Crippen LogP contribution in [0.5, 0.6) is 0 Å². The molecule has 94 valence electrons. The number of hydrogen-bond acceptors (Lipinski definition) is 3. The van der Waals surface area contributed by atoms with Crippen LogP contribution < -0.4 is 10.9 Å². The van der Waals surface area contributed by atoms with E-state index in [4.69, 9.17) is 0 Å². The molecule has 1 heterocycles. The molecule has 2 rings (SSSR count). The van der Waals surface area contributed by atoms with Crippen LogP contribution >= 0.6 is 15.9 Å². The van der Waals surface area contributed by atoms with Crippen LogP contribution in [0.1, 0.15) is 18.5 Å². The minimum atomic E-state index is -0.153. The van der Waals surface area contributed by atoms with Gasteiger partial charge in [-0.2, -0.15) is 5.10 Å². The number of aromatic nitrogens is 2. The average molecular weight is 308 g/mol. The Morgan fingerprint density at radius 2 is 2.00 bits per heavy atom. The van der Waals surface area contributed by atoms with Gasteiger partial charge < -0.3 is 5.32 Å². The first-order valence-electron chi connectivity index (χ1n) is 5.63. The lowest BCUT2D eigenvalue weighted by atomic mass is 10.1. The van der Waals surface area contributed by atoms with Gasteiger partial charge in [-0.15, -0.1) is 0 Å². The van der Waals surface area contributed by atoms with Crippen molar-refractivity contribution in [3.63, 3.8) is 0 Å². The van der Waals surface area contributed by atoms with Crippen molar-refractivity contribution in [1.82, 2.24) is 9.78 Å². The average Bonchev–Trinajstić information content (AvgIpc) is 2.40. The summed E-state index contributed by atoms with van der Waals surface area (Å²) < 4.78 is 1.80. The van der Waals surface area contributed by atoms with Gasteiger partial charge in [-0.25, -0.2) is 4.68 Å². The first-order chi connectivity index (χ1) is 8.59. The van der Waals surface area contributed by atoms with Gasteiger partial charge in [0.25, 0.3) is 5.56 Å². The highest BCUT2D eigenvalue weighted by Crippen LogP contribution is 2.22. The van der Waals surface area contributed by atoms with E-state index in [1.165, 1.54) is 4.68 Å². The fourth-order valence-electron chi connectivity index (χ4n) is 1.67. The zero-order valence-electron chi connectivity index (χ0n) is 10.2. The van der Waals surface area contributed by atoms with Gasteiger partial charge >= 0.3 is 0 Å². The molecule has 2 aromatic rings. The lowest BCUT2D eigenvalue weighted by Gasteiger charge is -2.16. The summed E-state index contributed by atoms with van der Waals surface area (Å²) in [6.45, 7) is 2.04. The van der Waals surface area contributed by atoms with Crippen molar-refractivity contribution in [2.75, 3.05) is 5.32 Å². The zero-order valence-corrected chi connectivity index (χ0v) is 11.8. The second-order valence-electron chi connectivity index (χ2n) is 4.08. The molecule has 0 aliphatic heterocycles. The molecule has 0 fully saturated rings. The maximum absolute atomic E-state index is 11.7. The first-order valence-corrected chi connectivity index (χ1v) is 6.42. The molecule has 1 aromatic heterocycles. The van der Waals surface area contributed by atoms with Crippen molar-refractivity contribution in [3.8, 4) is 0 Å². The molecule has 5 heteroatoms. The summed E-state index contributed by atoms with van der Waals surface area (Å²) in [5, 5.41) is 7.27. The topological polar surface area (TPSA) is 46.9 Å². The van der Waals surface area contributed by atoms with Crippen molar-refractivity contribution < 1.29 is 0 Å². The summed E-state index contributed by atoms with van der Waals surface area (Å²) in [6, 6.07) is 10.2. The Morgan fingerprint density at radius 3 is 2.67 bits per heavy atom. The molecule has 4 nitrogen and oxygen atoms in total. The summed E-state index contributed by atoms with van der Waals surface area (Å²) in [5.74, 6) is 0. The summed E-state index contributed by atoms with van der Waals surface area (Å²) >= 11 is 3.30. The number of nitrogens with one attached hydrogen (secondary N) is 1. The lowest BCUT2D eigenvalue weighted by Crippen LogP contribution is -2.22. The van der Waals surface area contributed by atoms with Crippen LogP contribution in [-0.2, 0) is 7.05 Å². The normalized spacial score (nSPS) is 12.2. The third-order valence-corrected chi connectivity index (χ3v) is 3.52. The van der Waals surface area contributed by atoms with Crippen molar-refractivity contribution in [3.05, 3.63) is 56.9 Å². The molecule has 18 heavy (non-hydrogen) atoms. The van der Waals surface area contributed by atoms with E-state index in [0.717, 1.165) is 5.56 Å². The first kappa shape index (κ1) is 12.8. The second-order valence-corrected chi connectivity index (χ2v) is 4.87. The molecule has 0 radical (unpaired) electrons. The van der Waals surface area contributed by atoms with Crippen LogP contribution in [0.25, 0.3) is 0 Å². The summed E-state index contributed by atoms with van der Waals surface area (Å²) in [4.78, 5) is 11.7. The maximum atomic E-state index is 11.7. The minimum absolute atomic E-state index is 0.108. The molecule has 0 spiro atoms. The third kappa shape index (κ3) is 2.61. The molecular weight excluding hydrogens is 294 g/mol. The monoisotopic (exact) mass is 307 g/mol. The number of nitrogens with zero attached hydrogens (tertiary/aromatic N) is 2. The van der Waals surface area contributed by atoms with Crippen LogP contribution in [-0.4, -0.2) is 9.78 Å². The standard InChI is InChI=1S/C13H14BrN3O/c1-9(10-6-4-3-5-7-10)16-11-8-15-17(2)13(18)12(11)14/h3-9,16H,1-2H3/t9-/m0/s1. The largest absolute Gasteiger partial charge is 0.376 e. The van der Waals surface area contributed by atoms with E-state index >= 15 is 0 Å². The Bertz CT molecular complexity index is 595. The quantitative estimate of drug-likeness (QED) is 0.948. The van der Waals surface area contributed by atoms with Crippen molar-refractivity contribution in [1.29, 1.82) is 0 Å². The number of benzene rings is 1. The van der Waals surface area contributed by atoms with Crippen molar-refractivity contribution in [2.24, 2.45) is 7.05 Å². The fraction of sp³-hybridized carbons (Fsp3) is 0.231. The number of hydrogen-bond donors (Lipinski definition) is 1. The van der Waals surface area contributed by atoms with Gasteiger partial charge in [0.1, 0.15) is 4.47 Å². The van der Waals surface area contributed by atoms with Crippen LogP contribution in [0.4, 0.5) is 5.69 Å². The van der Waals surface area contributed by atoms with E-state index in [9.17, 15) is 4.79 Å². The van der Waals surface area contributed by atoms with Crippen LogP contribution in [0.15, 0.2) is 45.8 Å². The lowest BCUT2D eigenvalue weighted by molar-refractivity contribution is 0.701. The van der Waals surface area contributed by atoms with E-state index in [-0.39, 0.29) is 11.6 Å². The van der Waals surface area contributed by atoms with Gasteiger partial charge in [0.15, 0.2) is 0 Å². The maximum Gasteiger partial charge on any atom is 0.282 e. The number of anilines is 1. The van der Waals surface area contributed by atoms with E-state index in [1.807, 2.05) is 37.3 Å². The van der Waals surface area contributed by atoms with Gasteiger partial charge in [-0.3, -0.25) is 4.79 Å². The molecule has 1 aromatic carbocycles. The van der Waals surface area contributed by atoms with Gasteiger partial charge in [0.2, 0.25) is 0 Å². The van der Waals surface area contributed by atoms with Gasteiger partial charge in [0, 0.05) is 13.1 Å². The molecule has 0 bridgehead atoms. The molecule has 0 aliphatic carbocycles. The van der Waals surface area contributed by atoms with Crippen LogP contribution in [0.3, 0.4) is 0 Å². The Morgan fingerprint density at radius 1 is 1.33 bits per heavy atom. The van der Waals surface area contributed by atoms with Gasteiger partial charge in [-0.1, -0.05) is 30.3 Å². The molecule has 0 saturated carbocycles. The molecule has 1 N–H and O–H groups in total. The highest BCUT2D eigenvalue weighted by molar-refractivity contribution is 9.10. The second kappa shape index (κ2) is 5.35. The van der Waals surface area contributed by atoms with E-state index in [2.05, 4.69) is 26.3 Å². The Kier molecular flexibility index (Phi) is 3.81. The zero-order chi connectivity index (χ0) is 13.1. The molecule has 0 saturated heterocycles. The van der Waals surface area contributed by atoms with E-state index < -0.39 is 0 Å². The number of halogens is 1. The smallest absolute Gasteiger partial charge is 0.282 e. The van der Waals surface area contributed by atoms with Crippen LogP contribution in [0, 0.1) is 0 Å². The number of aryl methyl sites for hydroxylation is 1. The Balaban J connectivity index is 2.25. The summed E-state index contributed by atoms with van der Waals surface area (Å²) in [5.41, 5.74) is 1.71. The highest BCUT2D eigenvalue weighted by Gasteiger charge is 2.10. The molecule has 0 unspecified atom stereocenters. The van der Waals surface area contributed by atoms with E-state index in [1.54, 1.807) is 13.2 Å². The number of rotatable bonds is 3. The Hall–Kier alpha value is -1.62. The predicted molar refractivity (Wildman–Crippen MR) is 75.7 cm³/mol. The molecular formula is C13H14BrN3O. The molecule has 0 aliphatic rings. The van der Waals surface area contributed by atoms with Crippen LogP contribution in [0.2, 0.25) is 0 Å². The minimum Gasteiger partial charge on any atom is -0.376 e.